The Morgan fingerprint density at radius 1 is 0.316 bits per heavy atom. The number of hydrogen-bond donors (Lipinski definition) is 0. The number of halogens is 2. The van der Waals surface area contributed by atoms with Crippen molar-refractivity contribution < 1.29 is 0 Å². The standard InChI is InChI=1S/C30H18Br2N6/c31-29-17-23(5-11-37-29)21-3-9-35-27(15-21)25-13-19(1-7-33-25)20-2-8-34-26(14-20)28-16-22(4-10-36-28)24-6-12-38-30(32)18-24/h1-18H. The number of hydrogen-bond acceptors (Lipinski definition) is 6. The van der Waals surface area contributed by atoms with Gasteiger partial charge in [-0.25, -0.2) is 9.97 Å². The molecule has 0 amide bonds. The molecule has 0 saturated heterocycles. The number of rotatable bonds is 5. The van der Waals surface area contributed by atoms with Gasteiger partial charge in [0.05, 0.1) is 22.8 Å². The molecule has 0 unspecified atom stereocenters. The van der Waals surface area contributed by atoms with Gasteiger partial charge in [0.15, 0.2) is 0 Å². The third-order valence-electron chi connectivity index (χ3n) is 6.02. The smallest absolute Gasteiger partial charge is 0.106 e. The van der Waals surface area contributed by atoms with Gasteiger partial charge in [0.25, 0.3) is 0 Å². The molecular weight excluding hydrogens is 604 g/mol. The van der Waals surface area contributed by atoms with Crippen LogP contribution in [-0.2, 0) is 0 Å². The summed E-state index contributed by atoms with van der Waals surface area (Å²) in [5, 5.41) is 0. The quantitative estimate of drug-likeness (QED) is 0.182. The molecule has 0 N–H and O–H groups in total. The van der Waals surface area contributed by atoms with Crippen LogP contribution >= 0.6 is 31.9 Å². The van der Waals surface area contributed by atoms with Gasteiger partial charge in [-0.05, 0) is 138 Å². The van der Waals surface area contributed by atoms with Crippen molar-refractivity contribution in [2.45, 2.75) is 0 Å². The van der Waals surface area contributed by atoms with Crippen LogP contribution in [-0.4, -0.2) is 29.9 Å². The maximum atomic E-state index is 4.60. The molecule has 182 valence electrons. The Kier molecular flexibility index (Phi) is 6.81. The van der Waals surface area contributed by atoms with Crippen molar-refractivity contribution in [3.05, 3.63) is 119 Å². The predicted molar refractivity (Wildman–Crippen MR) is 156 cm³/mol. The summed E-state index contributed by atoms with van der Waals surface area (Å²) in [5.74, 6) is 0. The monoisotopic (exact) mass is 620 g/mol. The Hall–Kier alpha value is -4.14. The Morgan fingerprint density at radius 2 is 0.553 bits per heavy atom. The van der Waals surface area contributed by atoms with Crippen molar-refractivity contribution in [2.24, 2.45) is 0 Å². The van der Waals surface area contributed by atoms with Gasteiger partial charge in [-0.3, -0.25) is 19.9 Å². The van der Waals surface area contributed by atoms with Gasteiger partial charge in [-0.1, -0.05) is 0 Å². The van der Waals surface area contributed by atoms with Crippen LogP contribution in [0.5, 0.6) is 0 Å². The first-order valence-corrected chi connectivity index (χ1v) is 13.3. The molecule has 6 heterocycles. The molecule has 38 heavy (non-hydrogen) atoms. The molecule has 0 bridgehead atoms. The average molecular weight is 622 g/mol. The number of pyridine rings is 6. The zero-order valence-electron chi connectivity index (χ0n) is 19.8. The molecule has 6 aromatic heterocycles. The summed E-state index contributed by atoms with van der Waals surface area (Å²) in [5.41, 5.74) is 9.41. The highest BCUT2D eigenvalue weighted by molar-refractivity contribution is 9.10. The normalized spacial score (nSPS) is 10.9. The lowest BCUT2D eigenvalue weighted by Crippen LogP contribution is -1.92. The molecule has 0 aliphatic heterocycles. The summed E-state index contributed by atoms with van der Waals surface area (Å²) in [6.45, 7) is 0. The van der Waals surface area contributed by atoms with E-state index in [-0.39, 0.29) is 0 Å². The van der Waals surface area contributed by atoms with Gasteiger partial charge in [-0.2, -0.15) is 0 Å². The van der Waals surface area contributed by atoms with E-state index in [0.29, 0.717) is 0 Å². The second-order valence-electron chi connectivity index (χ2n) is 8.45. The molecule has 6 nitrogen and oxygen atoms in total. The fourth-order valence-electron chi connectivity index (χ4n) is 4.16. The molecule has 0 atom stereocenters. The minimum atomic E-state index is 0.788. The first-order valence-electron chi connectivity index (χ1n) is 11.7. The Labute approximate surface area is 236 Å². The minimum absolute atomic E-state index is 0.788. The molecule has 0 fully saturated rings. The van der Waals surface area contributed by atoms with E-state index >= 15 is 0 Å². The molecule has 0 aromatic carbocycles. The van der Waals surface area contributed by atoms with Crippen LogP contribution in [0.3, 0.4) is 0 Å². The zero-order valence-corrected chi connectivity index (χ0v) is 23.0. The van der Waals surface area contributed by atoms with Crippen molar-refractivity contribution in [1.82, 2.24) is 29.9 Å². The lowest BCUT2D eigenvalue weighted by atomic mass is 10.0. The molecule has 8 heteroatoms. The van der Waals surface area contributed by atoms with Gasteiger partial charge >= 0.3 is 0 Å². The largest absolute Gasteiger partial charge is 0.255 e. The van der Waals surface area contributed by atoms with E-state index in [1.165, 1.54) is 0 Å². The molecule has 0 spiro atoms. The van der Waals surface area contributed by atoms with Gasteiger partial charge < -0.3 is 0 Å². The minimum Gasteiger partial charge on any atom is -0.255 e. The van der Waals surface area contributed by atoms with Crippen LogP contribution in [0, 0.1) is 0 Å². The number of aromatic nitrogens is 6. The Morgan fingerprint density at radius 3 is 0.816 bits per heavy atom. The predicted octanol–water partition coefficient (Wildman–Crippen LogP) is 7.92. The van der Waals surface area contributed by atoms with Crippen LogP contribution < -0.4 is 0 Å². The van der Waals surface area contributed by atoms with E-state index in [1.807, 2.05) is 85.2 Å². The van der Waals surface area contributed by atoms with Crippen molar-refractivity contribution in [3.8, 4) is 56.2 Å². The van der Waals surface area contributed by atoms with Crippen LogP contribution in [0.1, 0.15) is 0 Å². The molecular formula is C30H18Br2N6. The summed E-state index contributed by atoms with van der Waals surface area (Å²) < 4.78 is 1.58. The van der Waals surface area contributed by atoms with Gasteiger partial charge in [0.1, 0.15) is 9.21 Å². The SMILES string of the molecule is Brc1cc(-c2ccnc(-c3cc(-c4ccnc(-c5cc(-c6ccnc(Br)c6)ccn5)c4)ccn3)c2)ccn1. The van der Waals surface area contributed by atoms with Crippen LogP contribution in [0.25, 0.3) is 56.2 Å². The molecule has 0 radical (unpaired) electrons. The summed E-state index contributed by atoms with van der Waals surface area (Å²) >= 11 is 6.89. The van der Waals surface area contributed by atoms with Crippen LogP contribution in [0.15, 0.2) is 119 Å². The van der Waals surface area contributed by atoms with E-state index in [2.05, 4.69) is 61.8 Å². The fourth-order valence-corrected chi connectivity index (χ4v) is 4.89. The third kappa shape index (κ3) is 5.27. The lowest BCUT2D eigenvalue weighted by Gasteiger charge is -2.09. The second-order valence-corrected chi connectivity index (χ2v) is 10.1. The molecule has 6 rings (SSSR count). The molecule has 6 aromatic rings. The van der Waals surface area contributed by atoms with Crippen molar-refractivity contribution in [3.63, 3.8) is 0 Å². The Bertz CT molecular complexity index is 1640. The lowest BCUT2D eigenvalue weighted by molar-refractivity contribution is 1.23. The van der Waals surface area contributed by atoms with Crippen molar-refractivity contribution in [2.75, 3.05) is 0 Å². The van der Waals surface area contributed by atoms with Crippen LogP contribution in [0.2, 0.25) is 0 Å². The highest BCUT2D eigenvalue weighted by Gasteiger charge is 2.10. The van der Waals surface area contributed by atoms with Gasteiger partial charge in [-0.15, -0.1) is 0 Å². The topological polar surface area (TPSA) is 77.3 Å². The summed E-state index contributed by atoms with van der Waals surface area (Å²) in [7, 11) is 0. The van der Waals surface area contributed by atoms with E-state index < -0.39 is 0 Å². The van der Waals surface area contributed by atoms with E-state index in [1.54, 1.807) is 24.8 Å². The third-order valence-corrected chi connectivity index (χ3v) is 6.89. The van der Waals surface area contributed by atoms with Crippen LogP contribution in [0.4, 0.5) is 0 Å². The maximum Gasteiger partial charge on any atom is 0.106 e. The zero-order chi connectivity index (χ0) is 25.9. The molecule has 0 aliphatic rings. The summed E-state index contributed by atoms with van der Waals surface area (Å²) in [6, 6.07) is 24.0. The Balaban J connectivity index is 1.33. The van der Waals surface area contributed by atoms with Gasteiger partial charge in [0.2, 0.25) is 0 Å². The highest BCUT2D eigenvalue weighted by Crippen LogP contribution is 2.30. The molecule has 0 aliphatic carbocycles. The van der Waals surface area contributed by atoms with E-state index in [4.69, 9.17) is 0 Å². The highest BCUT2D eigenvalue weighted by atomic mass is 79.9. The first-order chi connectivity index (χ1) is 18.6. The second kappa shape index (κ2) is 10.7. The van der Waals surface area contributed by atoms with Crippen molar-refractivity contribution in [1.29, 1.82) is 0 Å². The summed E-state index contributed by atoms with van der Waals surface area (Å²) in [6.07, 6.45) is 10.8. The van der Waals surface area contributed by atoms with E-state index in [9.17, 15) is 0 Å². The maximum absolute atomic E-state index is 4.60. The average Bonchev–Trinajstić information content (AvgIpc) is 2.97. The van der Waals surface area contributed by atoms with E-state index in [0.717, 1.165) is 65.4 Å². The molecule has 0 saturated carbocycles. The number of nitrogens with zero attached hydrogens (tertiary/aromatic N) is 6. The summed E-state index contributed by atoms with van der Waals surface area (Å²) in [4.78, 5) is 26.8. The first kappa shape index (κ1) is 24.2. The van der Waals surface area contributed by atoms with Crippen molar-refractivity contribution >= 4 is 31.9 Å². The fraction of sp³-hybridized carbons (Fsp3) is 0. The van der Waals surface area contributed by atoms with Gasteiger partial charge in [0, 0.05) is 37.2 Å².